The number of nitrogens with zero attached hydrogens (tertiary/aromatic N) is 1. The maximum atomic E-state index is 6.27. The molecule has 0 aromatic heterocycles. The van der Waals surface area contributed by atoms with Gasteiger partial charge in [0.25, 0.3) is 0 Å². The van der Waals surface area contributed by atoms with Crippen LogP contribution in [0, 0.1) is 0 Å². The molecule has 1 aromatic carbocycles. The number of halogens is 1. The highest BCUT2D eigenvalue weighted by molar-refractivity contribution is 6.31. The number of nitrogens with one attached hydrogen (secondary N) is 1. The molecule has 0 spiro atoms. The van der Waals surface area contributed by atoms with Gasteiger partial charge in [-0.2, -0.15) is 0 Å². The van der Waals surface area contributed by atoms with Gasteiger partial charge < -0.3 is 11.1 Å². The van der Waals surface area contributed by atoms with Crippen LogP contribution in [0.1, 0.15) is 18.5 Å². The molecule has 0 saturated carbocycles. The van der Waals surface area contributed by atoms with Crippen molar-refractivity contribution in [1.29, 1.82) is 0 Å². The van der Waals surface area contributed by atoms with Crippen molar-refractivity contribution in [2.45, 2.75) is 19.0 Å². The third-order valence-electron chi connectivity index (χ3n) is 3.14. The highest BCUT2D eigenvalue weighted by atomic mass is 35.5. The molecule has 1 aromatic rings. The molecule has 1 aliphatic rings. The number of rotatable bonds is 3. The van der Waals surface area contributed by atoms with Crippen molar-refractivity contribution in [2.24, 2.45) is 5.73 Å². The number of hydrogen-bond donors (Lipinski definition) is 2. The molecule has 0 radical (unpaired) electrons. The van der Waals surface area contributed by atoms with E-state index in [4.69, 9.17) is 17.3 Å². The first-order valence-corrected chi connectivity index (χ1v) is 6.51. The van der Waals surface area contributed by atoms with Gasteiger partial charge in [0.05, 0.1) is 0 Å². The zero-order valence-corrected chi connectivity index (χ0v) is 11.0. The highest BCUT2D eigenvalue weighted by Gasteiger charge is 2.25. The molecular weight excluding hydrogens is 234 g/mol. The summed E-state index contributed by atoms with van der Waals surface area (Å²) in [6.45, 7) is 5.95. The topological polar surface area (TPSA) is 41.3 Å². The van der Waals surface area contributed by atoms with E-state index in [1.165, 1.54) is 5.56 Å². The Hall–Kier alpha value is -0.610. The average molecular weight is 254 g/mol. The van der Waals surface area contributed by atoms with E-state index < -0.39 is 0 Å². The standard InChI is InChI=1S/C13H20ClN3/c1-10(15)9-17-7-6-16-8-13(17)11-4-2-3-5-12(11)14/h2-5,10,13,16H,6-9,15H2,1H3. The van der Waals surface area contributed by atoms with Crippen LogP contribution in [0.15, 0.2) is 24.3 Å². The molecule has 0 bridgehead atoms. The Morgan fingerprint density at radius 3 is 3.00 bits per heavy atom. The second-order valence-electron chi connectivity index (χ2n) is 4.71. The first-order chi connectivity index (χ1) is 8.18. The third kappa shape index (κ3) is 3.19. The summed E-state index contributed by atoms with van der Waals surface area (Å²) in [5, 5.41) is 4.27. The summed E-state index contributed by atoms with van der Waals surface area (Å²) in [4.78, 5) is 2.42. The van der Waals surface area contributed by atoms with Crippen molar-refractivity contribution in [3.8, 4) is 0 Å². The fourth-order valence-electron chi connectivity index (χ4n) is 2.39. The summed E-state index contributed by atoms with van der Waals surface area (Å²) in [6.07, 6.45) is 0. The summed E-state index contributed by atoms with van der Waals surface area (Å²) >= 11 is 6.27. The molecule has 94 valence electrons. The van der Waals surface area contributed by atoms with Crippen molar-refractivity contribution in [2.75, 3.05) is 26.2 Å². The van der Waals surface area contributed by atoms with Gasteiger partial charge in [-0.15, -0.1) is 0 Å². The maximum Gasteiger partial charge on any atom is 0.0488 e. The normalized spacial score (nSPS) is 23.6. The number of nitrogens with two attached hydrogens (primary N) is 1. The minimum atomic E-state index is 0.193. The van der Waals surface area contributed by atoms with Crippen molar-refractivity contribution in [3.05, 3.63) is 34.9 Å². The quantitative estimate of drug-likeness (QED) is 0.861. The fraction of sp³-hybridized carbons (Fsp3) is 0.538. The Balaban J connectivity index is 2.19. The van der Waals surface area contributed by atoms with Crippen LogP contribution in [-0.2, 0) is 0 Å². The van der Waals surface area contributed by atoms with E-state index in [9.17, 15) is 0 Å². The van der Waals surface area contributed by atoms with Gasteiger partial charge in [-0.3, -0.25) is 4.90 Å². The molecule has 2 rings (SSSR count). The Labute approximate surface area is 108 Å². The van der Waals surface area contributed by atoms with Crippen LogP contribution in [0.25, 0.3) is 0 Å². The van der Waals surface area contributed by atoms with Gasteiger partial charge in [0.1, 0.15) is 0 Å². The maximum absolute atomic E-state index is 6.27. The summed E-state index contributed by atoms with van der Waals surface area (Å²) in [7, 11) is 0. The molecule has 17 heavy (non-hydrogen) atoms. The minimum Gasteiger partial charge on any atom is -0.327 e. The predicted molar refractivity (Wildman–Crippen MR) is 72.3 cm³/mol. The summed E-state index contributed by atoms with van der Waals surface area (Å²) in [6, 6.07) is 8.60. The van der Waals surface area contributed by atoms with Crippen LogP contribution < -0.4 is 11.1 Å². The lowest BCUT2D eigenvalue weighted by Gasteiger charge is -2.37. The van der Waals surface area contributed by atoms with E-state index in [2.05, 4.69) is 16.3 Å². The zero-order chi connectivity index (χ0) is 12.3. The molecule has 3 N–H and O–H groups in total. The summed E-state index contributed by atoms with van der Waals surface area (Å²) in [5.74, 6) is 0. The summed E-state index contributed by atoms with van der Waals surface area (Å²) < 4.78 is 0. The van der Waals surface area contributed by atoms with Crippen LogP contribution in [0.4, 0.5) is 0 Å². The summed E-state index contributed by atoms with van der Waals surface area (Å²) in [5.41, 5.74) is 7.10. The Kier molecular flexibility index (Phi) is 4.40. The van der Waals surface area contributed by atoms with Crippen molar-refractivity contribution < 1.29 is 0 Å². The van der Waals surface area contributed by atoms with Crippen LogP contribution in [0.5, 0.6) is 0 Å². The van der Waals surface area contributed by atoms with Gasteiger partial charge in [-0.25, -0.2) is 0 Å². The van der Waals surface area contributed by atoms with Gasteiger partial charge in [-0.1, -0.05) is 29.8 Å². The smallest absolute Gasteiger partial charge is 0.0488 e. The fourth-order valence-corrected chi connectivity index (χ4v) is 2.65. The lowest BCUT2D eigenvalue weighted by Crippen LogP contribution is -2.49. The van der Waals surface area contributed by atoms with E-state index in [0.717, 1.165) is 31.2 Å². The Morgan fingerprint density at radius 2 is 2.29 bits per heavy atom. The van der Waals surface area contributed by atoms with Gasteiger partial charge in [0, 0.05) is 43.3 Å². The zero-order valence-electron chi connectivity index (χ0n) is 10.2. The van der Waals surface area contributed by atoms with Crippen molar-refractivity contribution in [1.82, 2.24) is 10.2 Å². The molecule has 3 nitrogen and oxygen atoms in total. The monoisotopic (exact) mass is 253 g/mol. The molecule has 0 aliphatic carbocycles. The van der Waals surface area contributed by atoms with Crippen LogP contribution >= 0.6 is 11.6 Å². The third-order valence-corrected chi connectivity index (χ3v) is 3.49. The second-order valence-corrected chi connectivity index (χ2v) is 5.12. The largest absolute Gasteiger partial charge is 0.327 e. The second kappa shape index (κ2) is 5.83. The van der Waals surface area contributed by atoms with Crippen LogP contribution in [0.2, 0.25) is 5.02 Å². The van der Waals surface area contributed by atoms with Gasteiger partial charge >= 0.3 is 0 Å². The van der Waals surface area contributed by atoms with E-state index >= 15 is 0 Å². The van der Waals surface area contributed by atoms with E-state index in [-0.39, 0.29) is 6.04 Å². The number of piperazine rings is 1. The number of benzene rings is 1. The van der Waals surface area contributed by atoms with Gasteiger partial charge in [0.2, 0.25) is 0 Å². The van der Waals surface area contributed by atoms with Crippen LogP contribution in [0.3, 0.4) is 0 Å². The van der Waals surface area contributed by atoms with E-state index in [0.29, 0.717) is 6.04 Å². The van der Waals surface area contributed by atoms with E-state index in [1.807, 2.05) is 25.1 Å². The van der Waals surface area contributed by atoms with Crippen molar-refractivity contribution in [3.63, 3.8) is 0 Å². The molecule has 1 saturated heterocycles. The lowest BCUT2D eigenvalue weighted by atomic mass is 10.0. The SMILES string of the molecule is CC(N)CN1CCNCC1c1ccccc1Cl. The lowest BCUT2D eigenvalue weighted by molar-refractivity contribution is 0.155. The Bertz CT molecular complexity index is 367. The minimum absolute atomic E-state index is 0.193. The van der Waals surface area contributed by atoms with Crippen molar-refractivity contribution >= 4 is 11.6 Å². The Morgan fingerprint density at radius 1 is 1.53 bits per heavy atom. The average Bonchev–Trinajstić information content (AvgIpc) is 2.30. The highest BCUT2D eigenvalue weighted by Crippen LogP contribution is 2.28. The van der Waals surface area contributed by atoms with Gasteiger partial charge in [0.15, 0.2) is 0 Å². The first kappa shape index (κ1) is 12.8. The molecule has 1 heterocycles. The first-order valence-electron chi connectivity index (χ1n) is 6.13. The molecule has 0 amide bonds. The molecule has 2 unspecified atom stereocenters. The van der Waals surface area contributed by atoms with E-state index in [1.54, 1.807) is 0 Å². The molecule has 1 fully saturated rings. The molecule has 4 heteroatoms. The predicted octanol–water partition coefficient (Wildman–Crippen LogP) is 1.63. The number of hydrogen-bond acceptors (Lipinski definition) is 3. The molecule has 2 atom stereocenters. The molecule has 1 aliphatic heterocycles. The van der Waals surface area contributed by atoms with Gasteiger partial charge in [-0.05, 0) is 18.6 Å². The van der Waals surface area contributed by atoms with Crippen LogP contribution in [-0.4, -0.2) is 37.1 Å². The molecular formula is C13H20ClN3.